The lowest BCUT2D eigenvalue weighted by Crippen LogP contribution is -2.03. The van der Waals surface area contributed by atoms with Crippen LogP contribution in [-0.4, -0.2) is 21.1 Å². The number of nitrogens with two attached hydrogens (primary N) is 1. The molecule has 0 atom stereocenters. The Hall–Kier alpha value is -2.40. The molecule has 0 spiro atoms. The molecular weight excluding hydrogens is 250 g/mol. The number of hydrogen-bond acceptors (Lipinski definition) is 4. The van der Waals surface area contributed by atoms with Gasteiger partial charge in [0.15, 0.2) is 5.65 Å². The van der Waals surface area contributed by atoms with E-state index in [2.05, 4.69) is 27.5 Å². The summed E-state index contributed by atoms with van der Waals surface area (Å²) in [7, 11) is 0. The Balaban J connectivity index is 1.75. The maximum atomic E-state index is 5.54. The molecule has 0 aliphatic carbocycles. The van der Waals surface area contributed by atoms with Crippen LogP contribution < -0.4 is 11.1 Å². The van der Waals surface area contributed by atoms with Crippen LogP contribution >= 0.6 is 0 Å². The van der Waals surface area contributed by atoms with Gasteiger partial charge in [0, 0.05) is 13.0 Å². The molecule has 5 nitrogen and oxygen atoms in total. The Bertz CT molecular complexity index is 690. The van der Waals surface area contributed by atoms with E-state index in [1.807, 2.05) is 36.5 Å². The normalized spacial score (nSPS) is 10.8. The lowest BCUT2D eigenvalue weighted by Gasteiger charge is -2.05. The highest BCUT2D eigenvalue weighted by molar-refractivity contribution is 5.45. The second kappa shape index (κ2) is 5.71. The van der Waals surface area contributed by atoms with Gasteiger partial charge >= 0.3 is 0 Å². The molecule has 1 aromatic carbocycles. The molecule has 2 aromatic heterocycles. The van der Waals surface area contributed by atoms with Gasteiger partial charge in [0.1, 0.15) is 5.82 Å². The summed E-state index contributed by atoms with van der Waals surface area (Å²) in [6.45, 7) is 1.35. The first-order chi connectivity index (χ1) is 9.85. The van der Waals surface area contributed by atoms with E-state index in [9.17, 15) is 0 Å². The van der Waals surface area contributed by atoms with Gasteiger partial charge in [0.05, 0.1) is 11.9 Å². The van der Waals surface area contributed by atoms with Crippen LogP contribution in [0.15, 0.2) is 48.7 Å². The Morgan fingerprint density at radius 1 is 1.10 bits per heavy atom. The van der Waals surface area contributed by atoms with Crippen molar-refractivity contribution in [2.45, 2.75) is 13.0 Å². The predicted octanol–water partition coefficient (Wildman–Crippen LogP) is 1.84. The van der Waals surface area contributed by atoms with Gasteiger partial charge in [-0.3, -0.25) is 0 Å². The van der Waals surface area contributed by atoms with E-state index in [1.54, 1.807) is 4.52 Å². The molecule has 0 aliphatic rings. The number of nitrogens with one attached hydrogen (secondary N) is 1. The number of rotatable bonds is 5. The SMILES string of the molecule is NCCc1cn2nc(NCc3ccccc3)ccc2n1. The van der Waals surface area contributed by atoms with Gasteiger partial charge in [0.25, 0.3) is 0 Å². The van der Waals surface area contributed by atoms with E-state index in [1.165, 1.54) is 5.56 Å². The largest absolute Gasteiger partial charge is 0.365 e. The maximum Gasteiger partial charge on any atom is 0.153 e. The first-order valence-electron chi connectivity index (χ1n) is 6.68. The van der Waals surface area contributed by atoms with E-state index < -0.39 is 0 Å². The second-order valence-electron chi connectivity index (χ2n) is 4.63. The van der Waals surface area contributed by atoms with Gasteiger partial charge in [-0.2, -0.15) is 0 Å². The monoisotopic (exact) mass is 267 g/mol. The van der Waals surface area contributed by atoms with Crippen molar-refractivity contribution in [2.75, 3.05) is 11.9 Å². The Morgan fingerprint density at radius 2 is 1.95 bits per heavy atom. The molecule has 5 heteroatoms. The third-order valence-corrected chi connectivity index (χ3v) is 3.09. The summed E-state index contributed by atoms with van der Waals surface area (Å²) >= 11 is 0. The van der Waals surface area contributed by atoms with Gasteiger partial charge in [-0.25, -0.2) is 9.50 Å². The minimum Gasteiger partial charge on any atom is -0.365 e. The zero-order valence-electron chi connectivity index (χ0n) is 11.2. The molecule has 0 radical (unpaired) electrons. The smallest absolute Gasteiger partial charge is 0.153 e. The number of anilines is 1. The molecule has 2 heterocycles. The van der Waals surface area contributed by atoms with Gasteiger partial charge in [-0.1, -0.05) is 30.3 Å². The lowest BCUT2D eigenvalue weighted by molar-refractivity contribution is 0.909. The van der Waals surface area contributed by atoms with E-state index in [0.29, 0.717) is 6.54 Å². The summed E-state index contributed by atoms with van der Waals surface area (Å²) in [5.41, 5.74) is 8.59. The number of aromatic nitrogens is 3. The summed E-state index contributed by atoms with van der Waals surface area (Å²) in [5.74, 6) is 0.832. The quantitative estimate of drug-likeness (QED) is 0.740. The van der Waals surface area contributed by atoms with Crippen LogP contribution in [0.25, 0.3) is 5.65 Å². The van der Waals surface area contributed by atoms with Crippen molar-refractivity contribution in [3.8, 4) is 0 Å². The van der Waals surface area contributed by atoms with E-state index in [0.717, 1.165) is 30.1 Å². The van der Waals surface area contributed by atoms with Crippen molar-refractivity contribution in [1.82, 2.24) is 14.6 Å². The molecule has 0 bridgehead atoms. The molecule has 0 amide bonds. The minimum atomic E-state index is 0.600. The molecule has 3 aromatic rings. The fourth-order valence-electron chi connectivity index (χ4n) is 2.08. The van der Waals surface area contributed by atoms with Crippen LogP contribution in [0.1, 0.15) is 11.3 Å². The number of fused-ring (bicyclic) bond motifs is 1. The molecule has 0 saturated heterocycles. The Kier molecular flexibility index (Phi) is 3.60. The van der Waals surface area contributed by atoms with Crippen molar-refractivity contribution < 1.29 is 0 Å². The molecule has 102 valence electrons. The fourth-order valence-corrected chi connectivity index (χ4v) is 2.08. The van der Waals surface area contributed by atoms with Gasteiger partial charge in [-0.05, 0) is 24.2 Å². The van der Waals surface area contributed by atoms with Crippen LogP contribution in [0.3, 0.4) is 0 Å². The molecule has 0 fully saturated rings. The molecule has 0 saturated carbocycles. The third-order valence-electron chi connectivity index (χ3n) is 3.09. The molecular formula is C15H17N5. The van der Waals surface area contributed by atoms with E-state index in [-0.39, 0.29) is 0 Å². The summed E-state index contributed by atoms with van der Waals surface area (Å²) < 4.78 is 1.79. The summed E-state index contributed by atoms with van der Waals surface area (Å²) in [5, 5.41) is 7.81. The molecule has 0 unspecified atom stereocenters. The zero-order valence-corrected chi connectivity index (χ0v) is 11.2. The van der Waals surface area contributed by atoms with Gasteiger partial charge in [0.2, 0.25) is 0 Å². The Morgan fingerprint density at radius 3 is 2.75 bits per heavy atom. The van der Waals surface area contributed by atoms with Crippen molar-refractivity contribution in [3.63, 3.8) is 0 Å². The standard InChI is InChI=1S/C15H17N5/c16-9-8-13-11-20-15(18-13)7-6-14(19-20)17-10-12-4-2-1-3-5-12/h1-7,11H,8-10,16H2,(H,17,19). The number of hydrogen-bond donors (Lipinski definition) is 2. The highest BCUT2D eigenvalue weighted by atomic mass is 15.3. The van der Waals surface area contributed by atoms with Crippen molar-refractivity contribution >= 4 is 11.5 Å². The van der Waals surface area contributed by atoms with Crippen molar-refractivity contribution in [3.05, 3.63) is 59.9 Å². The predicted molar refractivity (Wildman–Crippen MR) is 79.5 cm³/mol. The highest BCUT2D eigenvalue weighted by Crippen LogP contribution is 2.09. The number of nitrogens with zero attached hydrogens (tertiary/aromatic N) is 3. The second-order valence-corrected chi connectivity index (χ2v) is 4.63. The summed E-state index contributed by atoms with van der Waals surface area (Å²) in [6.07, 6.45) is 2.70. The first kappa shape index (κ1) is 12.6. The lowest BCUT2D eigenvalue weighted by atomic mass is 10.2. The molecule has 3 N–H and O–H groups in total. The van der Waals surface area contributed by atoms with Gasteiger partial charge < -0.3 is 11.1 Å². The fraction of sp³-hybridized carbons (Fsp3) is 0.200. The van der Waals surface area contributed by atoms with Gasteiger partial charge in [-0.15, -0.1) is 5.10 Å². The van der Waals surface area contributed by atoms with E-state index in [4.69, 9.17) is 5.73 Å². The maximum absolute atomic E-state index is 5.54. The van der Waals surface area contributed by atoms with Crippen LogP contribution in [0, 0.1) is 0 Å². The summed E-state index contributed by atoms with van der Waals surface area (Å²) in [6, 6.07) is 14.1. The summed E-state index contributed by atoms with van der Waals surface area (Å²) in [4.78, 5) is 4.45. The Labute approximate surface area is 117 Å². The first-order valence-corrected chi connectivity index (χ1v) is 6.68. The number of imidazole rings is 1. The average Bonchev–Trinajstić information content (AvgIpc) is 2.88. The zero-order chi connectivity index (χ0) is 13.8. The number of benzene rings is 1. The van der Waals surface area contributed by atoms with Crippen molar-refractivity contribution in [2.24, 2.45) is 5.73 Å². The minimum absolute atomic E-state index is 0.600. The average molecular weight is 267 g/mol. The molecule has 20 heavy (non-hydrogen) atoms. The molecule has 0 aliphatic heterocycles. The van der Waals surface area contributed by atoms with E-state index >= 15 is 0 Å². The molecule has 3 rings (SSSR count). The van der Waals surface area contributed by atoms with Crippen LogP contribution in [-0.2, 0) is 13.0 Å². The van der Waals surface area contributed by atoms with Crippen LogP contribution in [0.4, 0.5) is 5.82 Å². The van der Waals surface area contributed by atoms with Crippen LogP contribution in [0.5, 0.6) is 0 Å². The topological polar surface area (TPSA) is 68.2 Å². The third kappa shape index (κ3) is 2.78. The van der Waals surface area contributed by atoms with Crippen LogP contribution in [0.2, 0.25) is 0 Å². The highest BCUT2D eigenvalue weighted by Gasteiger charge is 2.03. The van der Waals surface area contributed by atoms with Crippen molar-refractivity contribution in [1.29, 1.82) is 0 Å².